The van der Waals surface area contributed by atoms with Gasteiger partial charge in [-0.25, -0.2) is 8.42 Å². The topological polar surface area (TPSA) is 71.4 Å². The lowest BCUT2D eigenvalue weighted by atomic mass is 10.2. The molecule has 6 nitrogen and oxygen atoms in total. The van der Waals surface area contributed by atoms with Gasteiger partial charge < -0.3 is 9.88 Å². The molecule has 1 N–H and O–H groups in total. The van der Waals surface area contributed by atoms with Crippen LogP contribution < -0.4 is 9.62 Å². The van der Waals surface area contributed by atoms with Gasteiger partial charge in [-0.1, -0.05) is 21.4 Å². The monoisotopic (exact) mass is 465 g/mol. The number of carbonyl (C=O) groups excluding carboxylic acids is 1. The zero-order valence-corrected chi connectivity index (χ0v) is 19.1. The number of rotatable bonds is 6. The van der Waals surface area contributed by atoms with E-state index in [0.717, 1.165) is 10.4 Å². The maximum absolute atomic E-state index is 13.6. The van der Waals surface area contributed by atoms with E-state index in [2.05, 4.69) is 5.32 Å². The van der Waals surface area contributed by atoms with Crippen molar-refractivity contribution < 1.29 is 22.0 Å². The molecule has 10 heteroatoms. The van der Waals surface area contributed by atoms with Gasteiger partial charge in [-0.05, 0) is 55.0 Å². The number of sulfonamides is 1. The summed E-state index contributed by atoms with van der Waals surface area (Å²) >= 11 is 0. The van der Waals surface area contributed by atoms with Crippen LogP contribution in [0.2, 0.25) is 0 Å². The lowest BCUT2D eigenvalue weighted by molar-refractivity contribution is 0.101. The van der Waals surface area contributed by atoms with Crippen molar-refractivity contribution in [3.05, 3.63) is 77.6 Å². The molecule has 1 amide bonds. The molecule has 3 aromatic rings. The molecule has 31 heavy (non-hydrogen) atoms. The number of amides is 1. The summed E-state index contributed by atoms with van der Waals surface area (Å²) in [6.07, 6.45) is 1.74. The number of alkyl halides is 2. The van der Waals surface area contributed by atoms with Crippen molar-refractivity contribution in [2.75, 3.05) is 16.7 Å². The molecule has 0 spiro atoms. The van der Waals surface area contributed by atoms with Crippen LogP contribution in [0.3, 0.4) is 0 Å². The van der Waals surface area contributed by atoms with Gasteiger partial charge in [0.05, 0.1) is 10.6 Å². The van der Waals surface area contributed by atoms with Crippen molar-refractivity contribution in [1.29, 1.82) is 0 Å². The van der Waals surface area contributed by atoms with Crippen molar-refractivity contribution in [2.45, 2.75) is 17.5 Å². The van der Waals surface area contributed by atoms with Gasteiger partial charge in [0.1, 0.15) is 5.69 Å². The van der Waals surface area contributed by atoms with E-state index in [9.17, 15) is 22.0 Å². The number of halogens is 2. The van der Waals surface area contributed by atoms with Crippen molar-refractivity contribution in [3.63, 3.8) is 0 Å². The number of hydrogen-bond acceptors (Lipinski definition) is 3. The van der Waals surface area contributed by atoms with Crippen molar-refractivity contribution >= 4 is 36.5 Å². The van der Waals surface area contributed by atoms with Crippen LogP contribution in [0.1, 0.15) is 21.6 Å². The van der Waals surface area contributed by atoms with E-state index in [1.54, 1.807) is 42.9 Å². The quantitative estimate of drug-likeness (QED) is 0.551. The average molecular weight is 465 g/mol. The number of benzene rings is 2. The summed E-state index contributed by atoms with van der Waals surface area (Å²) in [5.74, 6) is -0.324. The summed E-state index contributed by atoms with van der Waals surface area (Å²) in [6, 6.07) is 13.0. The van der Waals surface area contributed by atoms with Crippen LogP contribution in [0.4, 0.5) is 20.2 Å². The van der Waals surface area contributed by atoms with Gasteiger partial charge >= 0.3 is 0 Å². The minimum atomic E-state index is -4.02. The summed E-state index contributed by atoms with van der Waals surface area (Å²) in [7, 11) is 0.471. The second-order valence-corrected chi connectivity index (χ2v) is 9.75. The predicted octanol–water partition coefficient (Wildman–Crippen LogP) is 4.34. The van der Waals surface area contributed by atoms with E-state index in [1.807, 2.05) is 0 Å². The third kappa shape index (κ3) is 4.78. The highest BCUT2D eigenvalue weighted by Gasteiger charge is 2.28. The molecule has 3 rings (SSSR count). The fourth-order valence-corrected chi connectivity index (χ4v) is 4.68. The van der Waals surface area contributed by atoms with Crippen molar-refractivity contribution in [3.8, 4) is 0 Å². The van der Waals surface area contributed by atoms with Gasteiger partial charge in [-0.15, -0.1) is 0 Å². The number of carbonyl (C=O) groups is 1. The third-order valence-electron chi connectivity index (χ3n) is 4.84. The van der Waals surface area contributed by atoms with Crippen molar-refractivity contribution in [1.82, 2.24) is 4.57 Å². The van der Waals surface area contributed by atoms with E-state index in [-0.39, 0.29) is 22.1 Å². The Morgan fingerprint density at radius 3 is 2.42 bits per heavy atom. The molecule has 0 bridgehead atoms. The largest absolute Gasteiger partial charge is 0.347 e. The molecule has 0 aliphatic rings. The average Bonchev–Trinajstić information content (AvgIpc) is 3.12. The number of nitrogens with zero attached hydrogens (tertiary/aromatic N) is 2. The van der Waals surface area contributed by atoms with Crippen LogP contribution in [0.15, 0.2) is 65.7 Å². The van der Waals surface area contributed by atoms with Crippen LogP contribution in [0.5, 0.6) is 0 Å². The maximum atomic E-state index is 13.6. The van der Waals surface area contributed by atoms with E-state index >= 15 is 0 Å². The SMILES string of the molecule is Cc1cc(NC(=O)c2cccn2C)ccc1S(=O)(=O)N(C)c1cccc(C(F)(F)P)c1. The van der Waals surface area contributed by atoms with Crippen LogP contribution in [-0.2, 0) is 22.7 Å². The minimum Gasteiger partial charge on any atom is -0.347 e. The Balaban J connectivity index is 1.88. The van der Waals surface area contributed by atoms with Crippen LogP contribution in [-0.4, -0.2) is 25.9 Å². The molecule has 0 aliphatic carbocycles. The normalized spacial score (nSPS) is 11.9. The maximum Gasteiger partial charge on any atom is 0.283 e. The first-order chi connectivity index (χ1) is 14.4. The van der Waals surface area contributed by atoms with Gasteiger partial charge in [0.2, 0.25) is 0 Å². The summed E-state index contributed by atoms with van der Waals surface area (Å²) in [4.78, 5) is 12.4. The Kier molecular flexibility index (Phi) is 6.21. The zero-order valence-electron chi connectivity index (χ0n) is 17.1. The van der Waals surface area contributed by atoms with Gasteiger partial charge in [0.25, 0.3) is 21.6 Å². The smallest absolute Gasteiger partial charge is 0.283 e. The molecule has 1 aromatic heterocycles. The molecule has 1 atom stereocenters. The first-order valence-corrected chi connectivity index (χ1v) is 11.2. The summed E-state index contributed by atoms with van der Waals surface area (Å²) < 4.78 is 56.1. The fraction of sp³-hybridized carbons (Fsp3) is 0.190. The molecular weight excluding hydrogens is 443 g/mol. The summed E-state index contributed by atoms with van der Waals surface area (Å²) in [6.45, 7) is 1.60. The van der Waals surface area contributed by atoms with Crippen LogP contribution in [0, 0.1) is 6.92 Å². The summed E-state index contributed by atoms with van der Waals surface area (Å²) in [5.41, 5.74) is -2.07. The number of aromatic nitrogens is 1. The molecule has 0 saturated carbocycles. The Bertz CT molecular complexity index is 1240. The molecule has 1 unspecified atom stereocenters. The predicted molar refractivity (Wildman–Crippen MR) is 120 cm³/mol. The van der Waals surface area contributed by atoms with Crippen LogP contribution in [0.25, 0.3) is 0 Å². The Morgan fingerprint density at radius 2 is 1.84 bits per heavy atom. The standard InChI is InChI=1S/C21H22F2N3O3PS/c1-14-12-16(24-20(27)18-8-5-11-25(18)2)9-10-19(14)31(28,29)26(3)17-7-4-6-15(13-17)21(22,23)30/h4-13H,30H2,1-3H3,(H,24,27). The summed E-state index contributed by atoms with van der Waals surface area (Å²) in [5, 5.41) is 2.74. The minimum absolute atomic E-state index is 0.00917. The van der Waals surface area contributed by atoms with Gasteiger partial charge in [-0.2, -0.15) is 8.78 Å². The first kappa shape index (κ1) is 22.9. The van der Waals surface area contributed by atoms with Crippen LogP contribution >= 0.6 is 9.24 Å². The highest BCUT2D eigenvalue weighted by Crippen LogP contribution is 2.37. The zero-order chi connectivity index (χ0) is 23.0. The number of aryl methyl sites for hydroxylation is 2. The fourth-order valence-electron chi connectivity index (χ4n) is 3.10. The second kappa shape index (κ2) is 8.40. The van der Waals surface area contributed by atoms with Gasteiger partial charge in [0, 0.05) is 31.5 Å². The Hall–Kier alpha value is -2.77. The Labute approximate surface area is 182 Å². The molecule has 1 heterocycles. The van der Waals surface area contributed by atoms with Gasteiger partial charge in [0.15, 0.2) is 0 Å². The lowest BCUT2D eigenvalue weighted by Gasteiger charge is -2.22. The highest BCUT2D eigenvalue weighted by molar-refractivity contribution is 7.92. The van der Waals surface area contributed by atoms with Gasteiger partial charge in [-0.3, -0.25) is 9.10 Å². The number of nitrogens with one attached hydrogen (secondary N) is 1. The molecule has 0 fully saturated rings. The molecule has 0 saturated heterocycles. The van der Waals surface area contributed by atoms with E-state index in [0.29, 0.717) is 16.9 Å². The molecule has 2 aromatic carbocycles. The highest BCUT2D eigenvalue weighted by atomic mass is 32.2. The lowest BCUT2D eigenvalue weighted by Crippen LogP contribution is -2.27. The second-order valence-electron chi connectivity index (χ2n) is 7.08. The molecule has 164 valence electrons. The molecule has 0 radical (unpaired) electrons. The Morgan fingerprint density at radius 1 is 1.13 bits per heavy atom. The van der Waals surface area contributed by atoms with E-state index in [1.165, 1.54) is 46.6 Å². The molecular formula is C21H22F2N3O3PS. The number of anilines is 2. The first-order valence-electron chi connectivity index (χ1n) is 9.21. The number of hydrogen-bond donors (Lipinski definition) is 1. The third-order valence-corrected chi connectivity index (χ3v) is 7.12. The molecule has 0 aliphatic heterocycles. The van der Waals surface area contributed by atoms with E-state index in [4.69, 9.17) is 0 Å². The van der Waals surface area contributed by atoms with Crippen molar-refractivity contribution in [2.24, 2.45) is 7.05 Å². The van der Waals surface area contributed by atoms with E-state index < -0.39 is 15.7 Å².